The van der Waals surface area contributed by atoms with Gasteiger partial charge in [0.1, 0.15) is 0 Å². The van der Waals surface area contributed by atoms with Gasteiger partial charge in [-0.05, 0) is 13.3 Å². The first-order valence-corrected chi connectivity index (χ1v) is 6.16. The number of carboxylic acid groups (broad SMARTS) is 1. The van der Waals surface area contributed by atoms with Crippen molar-refractivity contribution in [1.82, 2.24) is 0 Å². The van der Waals surface area contributed by atoms with Gasteiger partial charge < -0.3 is 15.4 Å². The van der Waals surface area contributed by atoms with Crippen LogP contribution in [-0.2, 0) is 14.3 Å². The summed E-state index contributed by atoms with van der Waals surface area (Å²) in [5.74, 6) is -2.88. The van der Waals surface area contributed by atoms with Crippen LogP contribution in [-0.4, -0.2) is 34.2 Å². The van der Waals surface area contributed by atoms with Crippen LogP contribution in [0.1, 0.15) is 46.0 Å². The van der Waals surface area contributed by atoms with E-state index >= 15 is 0 Å². The molecule has 0 saturated carbocycles. The van der Waals surface area contributed by atoms with E-state index in [-0.39, 0.29) is 18.7 Å². The molecule has 1 unspecified atom stereocenters. The summed E-state index contributed by atoms with van der Waals surface area (Å²) >= 11 is 0. The number of ether oxygens (including phenoxy) is 1. The molecular weight excluding hydrogens is 236 g/mol. The van der Waals surface area contributed by atoms with Crippen molar-refractivity contribution < 1.29 is 24.2 Å². The minimum atomic E-state index is -1.17. The summed E-state index contributed by atoms with van der Waals surface area (Å²) in [6.07, 6.45) is 2.72. The van der Waals surface area contributed by atoms with Gasteiger partial charge in [0.05, 0.1) is 13.0 Å². The molecular formula is C12H20N2O4. The standard InChI is InChI=1S/C12H20N2O4/c1-3-5-6-7-10(14-13)9(12(16)17)8-11(15)18-4-2/h9H,3-8H2,1-2H3,(H,16,17). The maximum absolute atomic E-state index is 11.3. The van der Waals surface area contributed by atoms with Gasteiger partial charge in [0.25, 0.3) is 5.71 Å². The number of carbonyl (C=O) groups is 2. The maximum atomic E-state index is 11.3. The van der Waals surface area contributed by atoms with Crippen LogP contribution in [0.5, 0.6) is 0 Å². The Morgan fingerprint density at radius 3 is 2.44 bits per heavy atom. The predicted octanol–water partition coefficient (Wildman–Crippen LogP) is 1.89. The number of rotatable bonds is 9. The van der Waals surface area contributed by atoms with E-state index in [2.05, 4.69) is 4.79 Å². The summed E-state index contributed by atoms with van der Waals surface area (Å²) in [6, 6.07) is 0. The van der Waals surface area contributed by atoms with Crippen molar-refractivity contribution in [3.63, 3.8) is 0 Å². The third-order valence-corrected chi connectivity index (χ3v) is 2.54. The van der Waals surface area contributed by atoms with E-state index in [1.54, 1.807) is 6.92 Å². The van der Waals surface area contributed by atoms with E-state index in [9.17, 15) is 9.59 Å². The lowest BCUT2D eigenvalue weighted by Gasteiger charge is -2.07. The molecule has 6 nitrogen and oxygen atoms in total. The summed E-state index contributed by atoms with van der Waals surface area (Å²) in [7, 11) is 0. The first-order chi connectivity index (χ1) is 8.56. The fraction of sp³-hybridized carbons (Fsp3) is 0.750. The molecule has 0 aromatic rings. The molecule has 6 heteroatoms. The van der Waals surface area contributed by atoms with Crippen LogP contribution in [0.25, 0.3) is 5.53 Å². The predicted molar refractivity (Wildman–Crippen MR) is 65.1 cm³/mol. The highest BCUT2D eigenvalue weighted by atomic mass is 16.5. The minimum Gasteiger partial charge on any atom is -0.481 e. The molecule has 0 bridgehead atoms. The van der Waals surface area contributed by atoms with Gasteiger partial charge in [-0.3, -0.25) is 9.59 Å². The summed E-state index contributed by atoms with van der Waals surface area (Å²) in [5, 5.41) is 9.05. The number of hydrogen-bond donors (Lipinski definition) is 1. The van der Waals surface area contributed by atoms with Crippen molar-refractivity contribution in [3.05, 3.63) is 5.53 Å². The molecule has 0 fully saturated rings. The molecule has 0 saturated heterocycles. The zero-order valence-corrected chi connectivity index (χ0v) is 10.9. The van der Waals surface area contributed by atoms with Crippen molar-refractivity contribution in [1.29, 1.82) is 0 Å². The van der Waals surface area contributed by atoms with Crippen LogP contribution in [0.4, 0.5) is 0 Å². The highest BCUT2D eigenvalue weighted by Gasteiger charge is 2.33. The van der Waals surface area contributed by atoms with Gasteiger partial charge in [0.2, 0.25) is 0 Å². The van der Waals surface area contributed by atoms with E-state index in [1.165, 1.54) is 0 Å². The minimum absolute atomic E-state index is 0.129. The SMILES string of the molecule is CCCCCC(=[N+]=[N-])C(CC(=O)OCC)C(=O)O. The van der Waals surface area contributed by atoms with Crippen LogP contribution >= 0.6 is 0 Å². The van der Waals surface area contributed by atoms with Crippen LogP contribution in [0.2, 0.25) is 0 Å². The van der Waals surface area contributed by atoms with Crippen molar-refractivity contribution in [2.24, 2.45) is 5.92 Å². The Kier molecular flexibility index (Phi) is 8.49. The molecule has 1 atom stereocenters. The molecule has 0 aromatic heterocycles. The highest BCUT2D eigenvalue weighted by molar-refractivity contribution is 6.01. The van der Waals surface area contributed by atoms with Crippen molar-refractivity contribution in [3.8, 4) is 0 Å². The van der Waals surface area contributed by atoms with Gasteiger partial charge in [-0.15, -0.1) is 0 Å². The van der Waals surface area contributed by atoms with Crippen LogP contribution in [0, 0.1) is 5.92 Å². The monoisotopic (exact) mass is 256 g/mol. The second-order valence-electron chi connectivity index (χ2n) is 3.95. The Bertz CT molecular complexity index is 335. The lowest BCUT2D eigenvalue weighted by atomic mass is 9.95. The summed E-state index contributed by atoms with van der Waals surface area (Å²) in [6.45, 7) is 3.87. The summed E-state index contributed by atoms with van der Waals surface area (Å²) in [5.41, 5.74) is 8.99. The Morgan fingerprint density at radius 2 is 2.00 bits per heavy atom. The normalized spacial score (nSPS) is 11.4. The molecule has 0 aliphatic carbocycles. The van der Waals surface area contributed by atoms with Crippen molar-refractivity contribution in [2.45, 2.75) is 46.0 Å². The quantitative estimate of drug-likeness (QED) is 0.224. The zero-order chi connectivity index (χ0) is 14.0. The number of hydrogen-bond acceptors (Lipinski definition) is 3. The fourth-order valence-corrected chi connectivity index (χ4v) is 1.58. The van der Waals surface area contributed by atoms with E-state index in [0.717, 1.165) is 19.3 Å². The average Bonchev–Trinajstić information content (AvgIpc) is 2.32. The lowest BCUT2D eigenvalue weighted by molar-refractivity contribution is -0.150. The number of carbonyl (C=O) groups excluding carboxylic acids is 1. The molecule has 0 aromatic carbocycles. The molecule has 1 N–H and O–H groups in total. The smallest absolute Gasteiger partial charge is 0.318 e. The van der Waals surface area contributed by atoms with Crippen molar-refractivity contribution in [2.75, 3.05) is 6.61 Å². The van der Waals surface area contributed by atoms with Crippen LogP contribution in [0.3, 0.4) is 0 Å². The van der Waals surface area contributed by atoms with Gasteiger partial charge >= 0.3 is 11.9 Å². The Balaban J connectivity index is 4.60. The molecule has 0 aliphatic heterocycles. The average molecular weight is 256 g/mol. The van der Waals surface area contributed by atoms with Gasteiger partial charge in [-0.1, -0.05) is 19.8 Å². The lowest BCUT2D eigenvalue weighted by Crippen LogP contribution is -2.28. The van der Waals surface area contributed by atoms with E-state index < -0.39 is 17.9 Å². The third-order valence-electron chi connectivity index (χ3n) is 2.54. The first-order valence-electron chi connectivity index (χ1n) is 6.16. The molecule has 0 rings (SSSR count). The van der Waals surface area contributed by atoms with Gasteiger partial charge in [-0.25, -0.2) is 0 Å². The molecule has 102 valence electrons. The molecule has 0 heterocycles. The summed E-state index contributed by atoms with van der Waals surface area (Å²) in [4.78, 5) is 25.4. The molecule has 0 spiro atoms. The van der Waals surface area contributed by atoms with Crippen molar-refractivity contribution >= 4 is 17.7 Å². The Labute approximate surface area is 107 Å². The van der Waals surface area contributed by atoms with E-state index in [1.807, 2.05) is 6.92 Å². The Hall–Kier alpha value is -1.68. The molecule has 0 radical (unpaired) electrons. The zero-order valence-electron chi connectivity index (χ0n) is 10.9. The van der Waals surface area contributed by atoms with Gasteiger partial charge in [0, 0.05) is 6.42 Å². The second-order valence-corrected chi connectivity index (χ2v) is 3.95. The highest BCUT2D eigenvalue weighted by Crippen LogP contribution is 2.12. The van der Waals surface area contributed by atoms with E-state index in [0.29, 0.717) is 6.42 Å². The maximum Gasteiger partial charge on any atom is 0.318 e. The second kappa shape index (κ2) is 9.36. The molecule has 18 heavy (non-hydrogen) atoms. The number of aliphatic carboxylic acids is 1. The molecule has 0 aliphatic rings. The van der Waals surface area contributed by atoms with Gasteiger partial charge in [0.15, 0.2) is 5.92 Å². The van der Waals surface area contributed by atoms with Gasteiger partial charge in [-0.2, -0.15) is 4.79 Å². The fourth-order valence-electron chi connectivity index (χ4n) is 1.58. The first kappa shape index (κ1) is 16.3. The van der Waals surface area contributed by atoms with E-state index in [4.69, 9.17) is 15.4 Å². The number of carboxylic acids is 1. The van der Waals surface area contributed by atoms with Crippen LogP contribution in [0.15, 0.2) is 0 Å². The number of nitrogens with zero attached hydrogens (tertiary/aromatic N) is 2. The topological polar surface area (TPSA) is 100 Å². The molecule has 0 amide bonds. The third kappa shape index (κ3) is 6.15. The van der Waals surface area contributed by atoms with Crippen LogP contribution < -0.4 is 0 Å². The summed E-state index contributed by atoms with van der Waals surface area (Å²) < 4.78 is 4.70. The number of esters is 1. The number of unbranched alkanes of at least 4 members (excludes halogenated alkanes) is 2. The Morgan fingerprint density at radius 1 is 1.33 bits per heavy atom. The largest absolute Gasteiger partial charge is 0.481 e.